The standard InChI is InChI=1S/C14H23NO4/c1-14(2,3)19-11-13(16)15-7-5-8-17-10-12-6-4-9-18-12/h4,6,9H,5,7-8,10-11H2,1-3H3,(H,15,16). The first-order valence-electron chi connectivity index (χ1n) is 6.48. The highest BCUT2D eigenvalue weighted by Crippen LogP contribution is 2.05. The van der Waals surface area contributed by atoms with E-state index in [4.69, 9.17) is 13.9 Å². The van der Waals surface area contributed by atoms with Gasteiger partial charge >= 0.3 is 0 Å². The third kappa shape index (κ3) is 8.40. The second-order valence-corrected chi connectivity index (χ2v) is 5.24. The highest BCUT2D eigenvalue weighted by molar-refractivity contribution is 5.77. The third-order valence-corrected chi connectivity index (χ3v) is 2.25. The van der Waals surface area contributed by atoms with Crippen LogP contribution in [0.25, 0.3) is 0 Å². The van der Waals surface area contributed by atoms with Gasteiger partial charge in [-0.3, -0.25) is 4.79 Å². The maximum absolute atomic E-state index is 11.4. The average molecular weight is 269 g/mol. The molecule has 0 atom stereocenters. The molecule has 5 nitrogen and oxygen atoms in total. The van der Waals surface area contributed by atoms with Gasteiger partial charge in [0.1, 0.15) is 19.0 Å². The summed E-state index contributed by atoms with van der Waals surface area (Å²) in [6.45, 7) is 7.49. The second-order valence-electron chi connectivity index (χ2n) is 5.24. The van der Waals surface area contributed by atoms with Crippen LogP contribution < -0.4 is 5.32 Å². The van der Waals surface area contributed by atoms with E-state index >= 15 is 0 Å². The van der Waals surface area contributed by atoms with E-state index in [2.05, 4.69) is 5.32 Å². The van der Waals surface area contributed by atoms with Crippen molar-refractivity contribution in [2.45, 2.75) is 39.4 Å². The second kappa shape index (κ2) is 7.96. The van der Waals surface area contributed by atoms with Crippen LogP contribution >= 0.6 is 0 Å². The zero-order chi connectivity index (χ0) is 14.1. The van der Waals surface area contributed by atoms with E-state index in [-0.39, 0.29) is 18.1 Å². The summed E-state index contributed by atoms with van der Waals surface area (Å²) < 4.78 is 15.9. The molecule has 0 radical (unpaired) electrons. The predicted octanol–water partition coefficient (Wildman–Crippen LogP) is 2.12. The van der Waals surface area contributed by atoms with Crippen molar-refractivity contribution in [2.24, 2.45) is 0 Å². The minimum absolute atomic E-state index is 0.0940. The van der Waals surface area contributed by atoms with Gasteiger partial charge in [-0.15, -0.1) is 0 Å². The Hall–Kier alpha value is -1.33. The van der Waals surface area contributed by atoms with Crippen molar-refractivity contribution < 1.29 is 18.7 Å². The van der Waals surface area contributed by atoms with Gasteiger partial charge in [0.25, 0.3) is 0 Å². The van der Waals surface area contributed by atoms with Gasteiger partial charge in [0.2, 0.25) is 5.91 Å². The Morgan fingerprint density at radius 1 is 1.42 bits per heavy atom. The van der Waals surface area contributed by atoms with Crippen molar-refractivity contribution in [1.82, 2.24) is 5.32 Å². The molecule has 1 rings (SSSR count). The summed E-state index contributed by atoms with van der Waals surface area (Å²) in [5, 5.41) is 2.78. The van der Waals surface area contributed by atoms with Gasteiger partial charge in [0, 0.05) is 13.2 Å². The summed E-state index contributed by atoms with van der Waals surface area (Å²) in [5.74, 6) is 0.712. The molecule has 1 aromatic heterocycles. The van der Waals surface area contributed by atoms with Crippen molar-refractivity contribution in [3.63, 3.8) is 0 Å². The lowest BCUT2D eigenvalue weighted by Gasteiger charge is -2.18. The molecule has 0 unspecified atom stereocenters. The molecule has 0 saturated heterocycles. The number of ether oxygens (including phenoxy) is 2. The smallest absolute Gasteiger partial charge is 0.246 e. The van der Waals surface area contributed by atoms with E-state index in [9.17, 15) is 4.79 Å². The fourth-order valence-electron chi connectivity index (χ4n) is 1.30. The summed E-state index contributed by atoms with van der Waals surface area (Å²) in [7, 11) is 0. The number of amides is 1. The van der Waals surface area contributed by atoms with Crippen LogP contribution in [0.2, 0.25) is 0 Å². The fourth-order valence-corrected chi connectivity index (χ4v) is 1.30. The van der Waals surface area contributed by atoms with E-state index in [0.29, 0.717) is 19.8 Å². The van der Waals surface area contributed by atoms with E-state index in [0.717, 1.165) is 12.2 Å². The Labute approximate surface area is 114 Å². The predicted molar refractivity (Wildman–Crippen MR) is 71.7 cm³/mol. The molecule has 0 aliphatic heterocycles. The number of carbonyl (C=O) groups is 1. The minimum Gasteiger partial charge on any atom is -0.467 e. The van der Waals surface area contributed by atoms with Crippen LogP contribution in [0.4, 0.5) is 0 Å². The van der Waals surface area contributed by atoms with Crippen molar-refractivity contribution >= 4 is 5.91 Å². The first kappa shape index (κ1) is 15.7. The Morgan fingerprint density at radius 3 is 2.84 bits per heavy atom. The number of rotatable bonds is 8. The van der Waals surface area contributed by atoms with E-state index in [1.54, 1.807) is 6.26 Å². The van der Waals surface area contributed by atoms with Crippen LogP contribution in [0.15, 0.2) is 22.8 Å². The molecule has 19 heavy (non-hydrogen) atoms. The number of nitrogens with one attached hydrogen (secondary N) is 1. The molecular weight excluding hydrogens is 246 g/mol. The van der Waals surface area contributed by atoms with Crippen molar-refractivity contribution in [1.29, 1.82) is 0 Å². The molecule has 5 heteroatoms. The Kier molecular flexibility index (Phi) is 6.59. The quantitative estimate of drug-likeness (QED) is 0.734. The highest BCUT2D eigenvalue weighted by atomic mass is 16.5. The van der Waals surface area contributed by atoms with Crippen molar-refractivity contribution in [3.8, 4) is 0 Å². The molecule has 0 aromatic carbocycles. The molecule has 0 fully saturated rings. The first-order chi connectivity index (χ1) is 8.97. The lowest BCUT2D eigenvalue weighted by molar-refractivity contribution is -0.130. The zero-order valence-corrected chi connectivity index (χ0v) is 11.9. The largest absolute Gasteiger partial charge is 0.467 e. The molecule has 0 saturated carbocycles. The van der Waals surface area contributed by atoms with Crippen molar-refractivity contribution in [3.05, 3.63) is 24.2 Å². The SMILES string of the molecule is CC(C)(C)OCC(=O)NCCCOCc1ccco1. The van der Waals surface area contributed by atoms with Gasteiger partial charge in [-0.1, -0.05) is 0 Å². The van der Waals surface area contributed by atoms with Gasteiger partial charge in [0.15, 0.2) is 0 Å². The molecule has 0 aliphatic rings. The van der Waals surface area contributed by atoms with E-state index in [1.807, 2.05) is 32.9 Å². The van der Waals surface area contributed by atoms with Crippen LogP contribution in [-0.2, 0) is 20.9 Å². The van der Waals surface area contributed by atoms with E-state index < -0.39 is 0 Å². The molecule has 108 valence electrons. The highest BCUT2D eigenvalue weighted by Gasteiger charge is 2.12. The Morgan fingerprint density at radius 2 is 2.21 bits per heavy atom. The first-order valence-corrected chi connectivity index (χ1v) is 6.48. The van der Waals surface area contributed by atoms with Gasteiger partial charge in [-0.2, -0.15) is 0 Å². The van der Waals surface area contributed by atoms with Crippen LogP contribution in [0.1, 0.15) is 33.0 Å². The van der Waals surface area contributed by atoms with Crippen LogP contribution in [0.5, 0.6) is 0 Å². The summed E-state index contributed by atoms with van der Waals surface area (Å²) in [5.41, 5.74) is -0.288. The monoisotopic (exact) mass is 269 g/mol. The number of carbonyl (C=O) groups excluding carboxylic acids is 1. The summed E-state index contributed by atoms with van der Waals surface area (Å²) in [4.78, 5) is 11.4. The summed E-state index contributed by atoms with van der Waals surface area (Å²) >= 11 is 0. The summed E-state index contributed by atoms with van der Waals surface area (Å²) in [6.07, 6.45) is 2.39. The Balaban J connectivity index is 1.94. The molecule has 0 bridgehead atoms. The molecular formula is C14H23NO4. The molecule has 1 heterocycles. The van der Waals surface area contributed by atoms with Gasteiger partial charge < -0.3 is 19.2 Å². The van der Waals surface area contributed by atoms with Crippen LogP contribution in [-0.4, -0.2) is 31.3 Å². The lowest BCUT2D eigenvalue weighted by atomic mass is 10.2. The lowest BCUT2D eigenvalue weighted by Crippen LogP contribution is -2.32. The number of furan rings is 1. The third-order valence-electron chi connectivity index (χ3n) is 2.25. The molecule has 0 spiro atoms. The topological polar surface area (TPSA) is 60.7 Å². The zero-order valence-electron chi connectivity index (χ0n) is 11.9. The van der Waals surface area contributed by atoms with Gasteiger partial charge in [-0.25, -0.2) is 0 Å². The average Bonchev–Trinajstić information content (AvgIpc) is 2.83. The molecule has 1 aromatic rings. The summed E-state index contributed by atoms with van der Waals surface area (Å²) in [6, 6.07) is 3.69. The van der Waals surface area contributed by atoms with Gasteiger partial charge in [0.05, 0.1) is 11.9 Å². The number of hydrogen-bond donors (Lipinski definition) is 1. The van der Waals surface area contributed by atoms with Crippen molar-refractivity contribution in [2.75, 3.05) is 19.8 Å². The van der Waals surface area contributed by atoms with E-state index in [1.165, 1.54) is 0 Å². The fraction of sp³-hybridized carbons (Fsp3) is 0.643. The molecule has 1 amide bonds. The molecule has 0 aliphatic carbocycles. The maximum atomic E-state index is 11.4. The van der Waals surface area contributed by atoms with Crippen LogP contribution in [0, 0.1) is 0 Å². The normalized spacial score (nSPS) is 11.5. The molecule has 1 N–H and O–H groups in total. The Bertz CT molecular complexity index is 354. The van der Waals surface area contributed by atoms with Gasteiger partial charge in [-0.05, 0) is 39.3 Å². The maximum Gasteiger partial charge on any atom is 0.246 e. The number of hydrogen-bond acceptors (Lipinski definition) is 4. The minimum atomic E-state index is -0.288. The van der Waals surface area contributed by atoms with Crippen LogP contribution in [0.3, 0.4) is 0 Å².